The molecule has 1 aliphatic carbocycles. The highest BCUT2D eigenvalue weighted by molar-refractivity contribution is 7.89. The Morgan fingerprint density at radius 2 is 1.77 bits per heavy atom. The zero-order valence-electron chi connectivity index (χ0n) is 16.9. The average molecular weight is 441 g/mol. The molecule has 1 fully saturated rings. The van der Waals surface area contributed by atoms with Gasteiger partial charge < -0.3 is 4.98 Å². The van der Waals surface area contributed by atoms with Gasteiger partial charge in [-0.3, -0.25) is 20.4 Å². The van der Waals surface area contributed by atoms with Crippen LogP contribution in [0, 0.1) is 0 Å². The van der Waals surface area contributed by atoms with Crippen molar-refractivity contribution in [2.24, 2.45) is 0 Å². The first kappa shape index (κ1) is 21.1. The van der Waals surface area contributed by atoms with Crippen molar-refractivity contribution in [3.05, 3.63) is 65.9 Å². The normalized spacial score (nSPS) is 14.6. The second-order valence-corrected chi connectivity index (χ2v) is 9.38. The third-order valence-corrected chi connectivity index (χ3v) is 6.94. The fourth-order valence-corrected chi connectivity index (χ4v) is 5.18. The fraction of sp³-hybridized carbons (Fsp3) is 0.273. The lowest BCUT2D eigenvalue weighted by Gasteiger charge is -2.13. The molecule has 162 valence electrons. The molecule has 1 saturated carbocycles. The molecule has 0 aliphatic heterocycles. The number of carbonyl (C=O) groups is 2. The number of fused-ring (bicyclic) bond motifs is 1. The van der Waals surface area contributed by atoms with Crippen LogP contribution in [0.1, 0.15) is 41.6 Å². The van der Waals surface area contributed by atoms with Gasteiger partial charge in [0.1, 0.15) is 0 Å². The highest BCUT2D eigenvalue weighted by Crippen LogP contribution is 2.21. The predicted molar refractivity (Wildman–Crippen MR) is 117 cm³/mol. The van der Waals surface area contributed by atoms with Crippen LogP contribution >= 0.6 is 0 Å². The van der Waals surface area contributed by atoms with Crippen molar-refractivity contribution in [2.75, 3.05) is 0 Å². The van der Waals surface area contributed by atoms with Gasteiger partial charge in [-0.15, -0.1) is 0 Å². The minimum Gasteiger partial charge on any atom is -0.361 e. The Morgan fingerprint density at radius 1 is 1.00 bits per heavy atom. The van der Waals surface area contributed by atoms with Crippen LogP contribution in [0.4, 0.5) is 0 Å². The summed E-state index contributed by atoms with van der Waals surface area (Å²) in [5, 5.41) is 0.941. The van der Waals surface area contributed by atoms with Crippen LogP contribution in [0.2, 0.25) is 0 Å². The number of para-hydroxylation sites is 1. The highest BCUT2D eigenvalue weighted by atomic mass is 32.2. The SMILES string of the molecule is O=C(Cc1c[nH]c2ccccc12)NNC(=O)c1cccc(S(=O)(=O)NC2CCCC2)c1. The molecule has 31 heavy (non-hydrogen) atoms. The zero-order chi connectivity index (χ0) is 21.8. The van der Waals surface area contributed by atoms with Crippen LogP contribution in [0.3, 0.4) is 0 Å². The van der Waals surface area contributed by atoms with Crippen molar-refractivity contribution in [1.29, 1.82) is 0 Å². The van der Waals surface area contributed by atoms with Crippen molar-refractivity contribution in [1.82, 2.24) is 20.6 Å². The van der Waals surface area contributed by atoms with Crippen LogP contribution in [-0.4, -0.2) is 31.3 Å². The largest absolute Gasteiger partial charge is 0.361 e. The summed E-state index contributed by atoms with van der Waals surface area (Å²) in [4.78, 5) is 27.8. The van der Waals surface area contributed by atoms with Gasteiger partial charge in [-0.2, -0.15) is 0 Å². The van der Waals surface area contributed by atoms with E-state index in [4.69, 9.17) is 0 Å². The molecule has 0 saturated heterocycles. The first-order valence-corrected chi connectivity index (χ1v) is 11.7. The molecule has 0 spiro atoms. The van der Waals surface area contributed by atoms with Gasteiger partial charge in [-0.05, 0) is 42.7 Å². The summed E-state index contributed by atoms with van der Waals surface area (Å²) < 4.78 is 27.9. The quantitative estimate of drug-likeness (QED) is 0.440. The van der Waals surface area contributed by atoms with E-state index in [1.165, 1.54) is 24.3 Å². The maximum atomic E-state index is 12.6. The Bertz CT molecular complexity index is 1210. The third-order valence-electron chi connectivity index (χ3n) is 5.42. The van der Waals surface area contributed by atoms with Gasteiger partial charge in [0.15, 0.2) is 0 Å². The molecule has 3 aromatic rings. The summed E-state index contributed by atoms with van der Waals surface area (Å²) in [5.74, 6) is -0.977. The second kappa shape index (κ2) is 8.91. The maximum Gasteiger partial charge on any atom is 0.269 e. The summed E-state index contributed by atoms with van der Waals surface area (Å²) in [5.41, 5.74) is 6.61. The number of hydrazine groups is 1. The molecule has 1 heterocycles. The highest BCUT2D eigenvalue weighted by Gasteiger charge is 2.23. The number of carbonyl (C=O) groups excluding carboxylic acids is 2. The van der Waals surface area contributed by atoms with E-state index in [-0.39, 0.29) is 28.8 Å². The molecule has 8 nitrogen and oxygen atoms in total. The molecule has 9 heteroatoms. The van der Waals surface area contributed by atoms with Crippen LogP contribution in [0.5, 0.6) is 0 Å². The molecular formula is C22H24N4O4S. The van der Waals surface area contributed by atoms with E-state index >= 15 is 0 Å². The van der Waals surface area contributed by atoms with Gasteiger partial charge in [0.25, 0.3) is 5.91 Å². The van der Waals surface area contributed by atoms with E-state index in [2.05, 4.69) is 20.6 Å². The Balaban J connectivity index is 1.37. The van der Waals surface area contributed by atoms with Gasteiger partial charge in [-0.25, -0.2) is 13.1 Å². The van der Waals surface area contributed by atoms with E-state index in [0.29, 0.717) is 0 Å². The Morgan fingerprint density at radius 3 is 2.58 bits per heavy atom. The van der Waals surface area contributed by atoms with Crippen LogP contribution in [0.15, 0.2) is 59.6 Å². The summed E-state index contributed by atoms with van der Waals surface area (Å²) in [6, 6.07) is 13.3. The number of H-pyrrole nitrogens is 1. The molecule has 1 aliphatic rings. The average Bonchev–Trinajstić information content (AvgIpc) is 3.42. The van der Waals surface area contributed by atoms with Crippen LogP contribution in [0.25, 0.3) is 10.9 Å². The second-order valence-electron chi connectivity index (χ2n) is 7.67. The van der Waals surface area contributed by atoms with E-state index < -0.39 is 15.9 Å². The van der Waals surface area contributed by atoms with Crippen LogP contribution in [-0.2, 0) is 21.2 Å². The predicted octanol–water partition coefficient (Wildman–Crippen LogP) is 2.39. The van der Waals surface area contributed by atoms with Crippen molar-refractivity contribution in [3.63, 3.8) is 0 Å². The van der Waals surface area contributed by atoms with E-state index in [0.717, 1.165) is 42.1 Å². The smallest absolute Gasteiger partial charge is 0.269 e. The number of sulfonamides is 1. The molecule has 0 atom stereocenters. The molecule has 2 aromatic carbocycles. The molecule has 1 aromatic heterocycles. The summed E-state index contributed by atoms with van der Waals surface area (Å²) in [7, 11) is -3.71. The molecule has 0 bridgehead atoms. The van der Waals surface area contributed by atoms with E-state index in [1.54, 1.807) is 6.20 Å². The minimum absolute atomic E-state index is 0.0252. The third kappa shape index (κ3) is 4.95. The van der Waals surface area contributed by atoms with Crippen molar-refractivity contribution >= 4 is 32.7 Å². The van der Waals surface area contributed by atoms with E-state index in [9.17, 15) is 18.0 Å². The first-order valence-electron chi connectivity index (χ1n) is 10.2. The number of aromatic amines is 1. The molecular weight excluding hydrogens is 416 g/mol. The number of hydrogen-bond donors (Lipinski definition) is 4. The number of nitrogens with one attached hydrogen (secondary N) is 4. The lowest BCUT2D eigenvalue weighted by Crippen LogP contribution is -2.42. The van der Waals surface area contributed by atoms with Gasteiger partial charge in [0.05, 0.1) is 11.3 Å². The fourth-order valence-electron chi connectivity index (χ4n) is 3.83. The summed E-state index contributed by atoms with van der Waals surface area (Å²) >= 11 is 0. The van der Waals surface area contributed by atoms with Crippen molar-refractivity contribution in [3.8, 4) is 0 Å². The number of benzene rings is 2. The minimum atomic E-state index is -3.71. The van der Waals surface area contributed by atoms with Gasteiger partial charge in [0, 0.05) is 28.7 Å². The zero-order valence-corrected chi connectivity index (χ0v) is 17.7. The lowest BCUT2D eigenvalue weighted by molar-refractivity contribution is -0.121. The number of aromatic nitrogens is 1. The molecule has 0 unspecified atom stereocenters. The topological polar surface area (TPSA) is 120 Å². The Kier molecular flexibility index (Phi) is 6.06. The number of rotatable bonds is 6. The van der Waals surface area contributed by atoms with Gasteiger partial charge >= 0.3 is 0 Å². The summed E-state index contributed by atoms with van der Waals surface area (Å²) in [6.07, 6.45) is 5.51. The van der Waals surface area contributed by atoms with Gasteiger partial charge in [0.2, 0.25) is 15.9 Å². The van der Waals surface area contributed by atoms with Crippen molar-refractivity contribution in [2.45, 2.75) is 43.0 Å². The summed E-state index contributed by atoms with van der Waals surface area (Å²) in [6.45, 7) is 0. The lowest BCUT2D eigenvalue weighted by atomic mass is 10.1. The number of amides is 2. The number of hydrogen-bond acceptors (Lipinski definition) is 4. The molecule has 4 rings (SSSR count). The Hall–Kier alpha value is -3.17. The van der Waals surface area contributed by atoms with Gasteiger partial charge in [-0.1, -0.05) is 37.1 Å². The van der Waals surface area contributed by atoms with E-state index in [1.807, 2.05) is 24.3 Å². The Labute approximate surface area is 180 Å². The van der Waals surface area contributed by atoms with Crippen molar-refractivity contribution < 1.29 is 18.0 Å². The standard InChI is InChI=1S/C22H24N4O4S/c27-21(13-16-14-23-20-11-4-3-10-19(16)20)24-25-22(28)15-6-5-9-18(12-15)31(29,30)26-17-7-1-2-8-17/h3-6,9-12,14,17,23,26H,1-2,7-8,13H2,(H,24,27)(H,25,28). The maximum absolute atomic E-state index is 12.6. The molecule has 4 N–H and O–H groups in total. The van der Waals surface area contributed by atoms with Crippen LogP contribution < -0.4 is 15.6 Å². The first-order chi connectivity index (χ1) is 14.9. The molecule has 0 radical (unpaired) electrons. The monoisotopic (exact) mass is 440 g/mol. The molecule has 2 amide bonds.